The molecule has 1 unspecified atom stereocenters. The number of ether oxygens (including phenoxy) is 1. The molecule has 1 aliphatic rings. The molecule has 19 heavy (non-hydrogen) atoms. The van der Waals surface area contributed by atoms with Crippen molar-refractivity contribution in [1.29, 1.82) is 0 Å². The summed E-state index contributed by atoms with van der Waals surface area (Å²) in [5.74, 6) is 0. The molecular weight excluding hydrogens is 236 g/mol. The van der Waals surface area contributed by atoms with Crippen molar-refractivity contribution in [3.05, 3.63) is 59.9 Å². The molecule has 2 nitrogen and oxygen atoms in total. The second kappa shape index (κ2) is 5.45. The molecular formula is C17H18O2. The lowest BCUT2D eigenvalue weighted by molar-refractivity contribution is 0.169. The van der Waals surface area contributed by atoms with Crippen LogP contribution in [0.2, 0.25) is 0 Å². The van der Waals surface area contributed by atoms with Crippen LogP contribution in [-0.4, -0.2) is 17.8 Å². The van der Waals surface area contributed by atoms with Gasteiger partial charge in [0.15, 0.2) is 0 Å². The summed E-state index contributed by atoms with van der Waals surface area (Å²) < 4.78 is 5.31. The van der Waals surface area contributed by atoms with Crippen molar-refractivity contribution < 1.29 is 9.84 Å². The van der Waals surface area contributed by atoms with Crippen molar-refractivity contribution in [1.82, 2.24) is 0 Å². The van der Waals surface area contributed by atoms with Gasteiger partial charge in [-0.3, -0.25) is 0 Å². The van der Waals surface area contributed by atoms with Crippen LogP contribution in [0.25, 0.3) is 10.8 Å². The monoisotopic (exact) mass is 254 g/mol. The molecule has 0 spiro atoms. The van der Waals surface area contributed by atoms with Crippen LogP contribution in [0.15, 0.2) is 54.3 Å². The third-order valence-corrected chi connectivity index (χ3v) is 3.68. The van der Waals surface area contributed by atoms with Crippen molar-refractivity contribution in [2.75, 3.05) is 6.61 Å². The third kappa shape index (κ3) is 2.64. The van der Waals surface area contributed by atoms with E-state index in [9.17, 15) is 5.11 Å². The van der Waals surface area contributed by atoms with Crippen LogP contribution < -0.4 is 0 Å². The van der Waals surface area contributed by atoms with E-state index in [0.717, 1.165) is 25.0 Å². The predicted octanol–water partition coefficient (Wildman–Crippen LogP) is 3.44. The topological polar surface area (TPSA) is 29.5 Å². The van der Waals surface area contributed by atoms with Crippen LogP contribution in [0.4, 0.5) is 0 Å². The minimum Gasteiger partial charge on any atom is -0.501 e. The van der Waals surface area contributed by atoms with Gasteiger partial charge in [-0.1, -0.05) is 42.5 Å². The van der Waals surface area contributed by atoms with Gasteiger partial charge in [-0.15, -0.1) is 0 Å². The second-order valence-electron chi connectivity index (χ2n) is 5.03. The van der Waals surface area contributed by atoms with Gasteiger partial charge in [0.2, 0.25) is 0 Å². The summed E-state index contributed by atoms with van der Waals surface area (Å²) in [4.78, 5) is 0. The Kier molecular flexibility index (Phi) is 3.51. The number of aliphatic hydroxyl groups excluding tert-OH is 1. The van der Waals surface area contributed by atoms with E-state index in [0.29, 0.717) is 6.42 Å². The molecule has 1 heterocycles. The molecule has 2 heteroatoms. The quantitative estimate of drug-likeness (QED) is 0.909. The van der Waals surface area contributed by atoms with Crippen molar-refractivity contribution in [3.8, 4) is 0 Å². The average Bonchev–Trinajstić information content (AvgIpc) is 2.48. The summed E-state index contributed by atoms with van der Waals surface area (Å²) in [6, 6.07) is 14.6. The van der Waals surface area contributed by atoms with E-state index in [2.05, 4.69) is 30.3 Å². The fraction of sp³-hybridized carbons (Fsp3) is 0.294. The maximum absolute atomic E-state index is 10.3. The van der Waals surface area contributed by atoms with E-state index >= 15 is 0 Å². The number of hydrogen-bond donors (Lipinski definition) is 1. The van der Waals surface area contributed by atoms with Crippen LogP contribution in [0.5, 0.6) is 0 Å². The maximum Gasteiger partial charge on any atom is 0.0876 e. The highest BCUT2D eigenvalue weighted by Crippen LogP contribution is 2.23. The summed E-state index contributed by atoms with van der Waals surface area (Å²) >= 11 is 0. The fourth-order valence-corrected chi connectivity index (χ4v) is 2.64. The molecule has 0 saturated carbocycles. The lowest BCUT2D eigenvalue weighted by Crippen LogP contribution is -2.17. The zero-order chi connectivity index (χ0) is 13.1. The van der Waals surface area contributed by atoms with Crippen LogP contribution in [0.3, 0.4) is 0 Å². The lowest BCUT2D eigenvalue weighted by atomic mass is 9.95. The van der Waals surface area contributed by atoms with E-state index in [-0.39, 0.29) is 0 Å². The molecule has 0 radical (unpaired) electrons. The minimum atomic E-state index is -0.439. The van der Waals surface area contributed by atoms with E-state index in [1.54, 1.807) is 6.26 Å². The first kappa shape index (κ1) is 12.2. The van der Waals surface area contributed by atoms with Gasteiger partial charge in [0.1, 0.15) is 0 Å². The smallest absolute Gasteiger partial charge is 0.0876 e. The standard InChI is InChI=1S/C17H18O2/c18-17(15-8-4-10-19-12-15)11-14-7-3-6-13-5-1-2-9-16(13)14/h1-3,5-7,9,12,17-18H,4,8,10-11H2. The van der Waals surface area contributed by atoms with Crippen LogP contribution >= 0.6 is 0 Å². The molecule has 0 fully saturated rings. The third-order valence-electron chi connectivity index (χ3n) is 3.68. The highest BCUT2D eigenvalue weighted by Gasteiger charge is 2.15. The molecule has 98 valence electrons. The number of benzene rings is 2. The van der Waals surface area contributed by atoms with Gasteiger partial charge >= 0.3 is 0 Å². The molecule has 0 amide bonds. The number of rotatable bonds is 3. The Bertz CT molecular complexity index is 596. The van der Waals surface area contributed by atoms with Crippen molar-refractivity contribution in [2.24, 2.45) is 0 Å². The van der Waals surface area contributed by atoms with Crippen molar-refractivity contribution in [3.63, 3.8) is 0 Å². The van der Waals surface area contributed by atoms with Crippen molar-refractivity contribution in [2.45, 2.75) is 25.4 Å². The van der Waals surface area contributed by atoms with E-state index < -0.39 is 6.10 Å². The largest absolute Gasteiger partial charge is 0.501 e. The molecule has 3 rings (SSSR count). The Labute approximate surface area is 113 Å². The zero-order valence-corrected chi connectivity index (χ0v) is 10.9. The normalized spacial score (nSPS) is 16.8. The Morgan fingerprint density at radius 3 is 2.79 bits per heavy atom. The molecule has 1 N–H and O–H groups in total. The van der Waals surface area contributed by atoms with Gasteiger partial charge in [0.05, 0.1) is 19.0 Å². The van der Waals surface area contributed by atoms with Gasteiger partial charge < -0.3 is 9.84 Å². The summed E-state index contributed by atoms with van der Waals surface area (Å²) in [6.07, 6.45) is 3.88. The Hall–Kier alpha value is -1.80. The number of aliphatic hydroxyl groups is 1. The predicted molar refractivity (Wildman–Crippen MR) is 76.9 cm³/mol. The average molecular weight is 254 g/mol. The van der Waals surface area contributed by atoms with Crippen molar-refractivity contribution >= 4 is 10.8 Å². The van der Waals surface area contributed by atoms with E-state index in [1.165, 1.54) is 16.3 Å². The van der Waals surface area contributed by atoms with E-state index in [4.69, 9.17) is 4.74 Å². The zero-order valence-electron chi connectivity index (χ0n) is 10.9. The first-order valence-electron chi connectivity index (χ1n) is 6.80. The summed E-state index contributed by atoms with van der Waals surface area (Å²) in [5.41, 5.74) is 2.20. The fourth-order valence-electron chi connectivity index (χ4n) is 2.64. The van der Waals surface area contributed by atoms with Crippen LogP contribution in [-0.2, 0) is 11.2 Å². The van der Waals surface area contributed by atoms with Crippen LogP contribution in [0.1, 0.15) is 18.4 Å². The first-order chi connectivity index (χ1) is 9.34. The van der Waals surface area contributed by atoms with E-state index in [1.807, 2.05) is 12.1 Å². The molecule has 1 atom stereocenters. The molecule has 0 aliphatic carbocycles. The molecule has 2 aromatic carbocycles. The minimum absolute atomic E-state index is 0.439. The Balaban J connectivity index is 1.87. The molecule has 0 aromatic heterocycles. The Morgan fingerprint density at radius 1 is 1.11 bits per heavy atom. The SMILES string of the molecule is OC(Cc1cccc2ccccc12)C1=COCCC1. The molecule has 0 bridgehead atoms. The lowest BCUT2D eigenvalue weighted by Gasteiger charge is -2.19. The number of hydrogen-bond acceptors (Lipinski definition) is 2. The van der Waals surface area contributed by atoms with Gasteiger partial charge in [0, 0.05) is 6.42 Å². The van der Waals surface area contributed by atoms with Gasteiger partial charge in [-0.05, 0) is 34.8 Å². The highest BCUT2D eigenvalue weighted by atomic mass is 16.5. The molecule has 2 aromatic rings. The molecule has 1 aliphatic heterocycles. The van der Waals surface area contributed by atoms with Crippen LogP contribution in [0, 0.1) is 0 Å². The van der Waals surface area contributed by atoms with Gasteiger partial charge in [-0.2, -0.15) is 0 Å². The van der Waals surface area contributed by atoms with Gasteiger partial charge in [0.25, 0.3) is 0 Å². The number of fused-ring (bicyclic) bond motifs is 1. The highest BCUT2D eigenvalue weighted by molar-refractivity contribution is 5.85. The summed E-state index contributed by atoms with van der Waals surface area (Å²) in [7, 11) is 0. The maximum atomic E-state index is 10.3. The summed E-state index contributed by atoms with van der Waals surface area (Å²) in [5, 5.41) is 12.8. The first-order valence-corrected chi connectivity index (χ1v) is 6.80. The summed E-state index contributed by atoms with van der Waals surface area (Å²) in [6.45, 7) is 0.768. The Morgan fingerprint density at radius 2 is 1.95 bits per heavy atom. The second-order valence-corrected chi connectivity index (χ2v) is 5.03. The van der Waals surface area contributed by atoms with Gasteiger partial charge in [-0.25, -0.2) is 0 Å². The molecule has 0 saturated heterocycles.